The topological polar surface area (TPSA) is 23.0 Å². The summed E-state index contributed by atoms with van der Waals surface area (Å²) in [6.07, 6.45) is 0. The zero-order chi connectivity index (χ0) is 59.6. The van der Waals surface area contributed by atoms with Crippen LogP contribution in [0.15, 0.2) is 186 Å². The number of para-hydroxylation sites is 4. The molecule has 3 heterocycles. The normalized spacial score (nSPS) is 20.2. The summed E-state index contributed by atoms with van der Waals surface area (Å²) < 4.78 is 279. The highest BCUT2D eigenvalue weighted by Gasteiger charge is 2.20. The van der Waals surface area contributed by atoms with Crippen LogP contribution in [0.5, 0.6) is 0 Å². The number of hydrogen-bond donors (Lipinski definition) is 0. The molecule has 0 N–H and O–H groups in total. The van der Waals surface area contributed by atoms with Gasteiger partial charge in [0.15, 0.2) is 5.58 Å². The molecule has 3 aromatic heterocycles. The van der Waals surface area contributed by atoms with E-state index in [9.17, 15) is 13.7 Å². The molecule has 0 spiro atoms. The van der Waals surface area contributed by atoms with Crippen LogP contribution in [0.25, 0.3) is 99.2 Å². The lowest BCUT2D eigenvalue weighted by Gasteiger charge is -2.13. The molecule has 0 saturated carbocycles. The minimum atomic E-state index is -1.08. The zero-order valence-electron chi connectivity index (χ0n) is 55.3. The van der Waals surface area contributed by atoms with Crippen LogP contribution in [0.2, 0.25) is 0 Å². The SMILES string of the molecule is [2H]c1c([2H])c([2H])c(-c2c([2H])c(-n3c4c([2H])c([2H])c([2H])c([2H])c4c4c([2H])c([2H])c(-c5c([2H])c([2H])c6c7c([2H])c([2H])c([2H])c([2H])c7n(-c7c([2H])c([2H])c([2H])c([2H])c7[2H])c6c5[2H])c([2H])c43)c3oc4c([2H])c([2H])c([2H])c([2H])c4c3c2[2H])c([2H])c1[2H]. The maximum Gasteiger partial charge on any atom is 0.159 e. The minimum absolute atomic E-state index is 0.550. The maximum absolute atomic E-state index is 10.2. The largest absolute Gasteiger partial charge is 0.454 e. The molecule has 51 heavy (non-hydrogen) atoms. The summed E-state index contributed by atoms with van der Waals surface area (Å²) in [5, 5.41) is -3.60. The lowest BCUT2D eigenvalue weighted by molar-refractivity contribution is 0.666. The van der Waals surface area contributed by atoms with Crippen molar-refractivity contribution in [2.24, 2.45) is 0 Å². The standard InChI is InChI=1S/C48H30N2O/c1-3-13-31(14-4-1)34-27-41-40-19-9-12-22-47(40)51-48(41)46(30-34)50-43-21-11-8-18-37(43)39-26-24-33(29-45(39)50)32-23-25-38-36-17-7-10-20-42(36)49(44(38)28-32)35-15-5-2-6-16-35/h1-30H/i1D,2D,3D,4D,5D,6D,7D,8D,9D,10D,11D,12D,13D,14D,15D,16D,17D,18D,19D,20D,21D,22D,23D,24D,25D,26D,27D,28D,29D,30D. The molecule has 0 aliphatic rings. The van der Waals surface area contributed by atoms with Gasteiger partial charge in [-0.25, -0.2) is 0 Å². The summed E-state index contributed by atoms with van der Waals surface area (Å²) in [4.78, 5) is 0. The van der Waals surface area contributed by atoms with Gasteiger partial charge in [0, 0.05) is 38.0 Å². The third kappa shape index (κ3) is 4.19. The van der Waals surface area contributed by atoms with Crippen molar-refractivity contribution in [2.45, 2.75) is 0 Å². The summed E-state index contributed by atoms with van der Waals surface area (Å²) in [6, 6.07) is -28.4. The first kappa shape index (κ1) is 11.6. The molecule has 0 fully saturated rings. The Labute approximate surface area is 336 Å². The number of aromatic nitrogens is 2. The maximum atomic E-state index is 10.2. The van der Waals surface area contributed by atoms with Crippen LogP contribution in [0.3, 0.4) is 0 Å². The number of hydrogen-bond acceptors (Lipinski definition) is 1. The Morgan fingerprint density at radius 2 is 0.882 bits per heavy atom. The molecule has 238 valence electrons. The van der Waals surface area contributed by atoms with Gasteiger partial charge in [-0.1, -0.05) is 127 Å². The molecule has 3 heteroatoms. The summed E-state index contributed by atoms with van der Waals surface area (Å²) in [5.41, 5.74) is -9.40. The van der Waals surface area contributed by atoms with E-state index in [0.29, 0.717) is 4.57 Å². The number of furan rings is 1. The highest BCUT2D eigenvalue weighted by atomic mass is 16.3. The fraction of sp³-hybridized carbons (Fsp3) is 0. The van der Waals surface area contributed by atoms with Gasteiger partial charge in [0.2, 0.25) is 0 Å². The van der Waals surface area contributed by atoms with Crippen molar-refractivity contribution in [3.8, 4) is 33.6 Å². The van der Waals surface area contributed by atoms with Crippen molar-refractivity contribution in [3.63, 3.8) is 0 Å². The smallest absolute Gasteiger partial charge is 0.159 e. The molecule has 0 saturated heterocycles. The van der Waals surface area contributed by atoms with Crippen molar-refractivity contribution < 1.29 is 45.5 Å². The first-order valence-electron chi connectivity index (χ1n) is 30.0. The van der Waals surface area contributed by atoms with Gasteiger partial charge in [-0.3, -0.25) is 0 Å². The van der Waals surface area contributed by atoms with Gasteiger partial charge in [0.1, 0.15) is 5.58 Å². The number of benzene rings is 8. The van der Waals surface area contributed by atoms with Gasteiger partial charge < -0.3 is 13.6 Å². The summed E-state index contributed by atoms with van der Waals surface area (Å²) in [6.45, 7) is 0. The molecule has 8 aromatic carbocycles. The van der Waals surface area contributed by atoms with Crippen LogP contribution in [0, 0.1) is 0 Å². The monoisotopic (exact) mass is 680 g/mol. The second kappa shape index (κ2) is 10.8. The van der Waals surface area contributed by atoms with Gasteiger partial charge in [-0.2, -0.15) is 0 Å². The van der Waals surface area contributed by atoms with Gasteiger partial charge in [-0.15, -0.1) is 0 Å². The Morgan fingerprint density at radius 3 is 1.57 bits per heavy atom. The van der Waals surface area contributed by atoms with Crippen LogP contribution in [0.1, 0.15) is 41.1 Å². The average molecular weight is 681 g/mol. The van der Waals surface area contributed by atoms with E-state index in [1.54, 1.807) is 0 Å². The van der Waals surface area contributed by atoms with Gasteiger partial charge >= 0.3 is 0 Å². The van der Waals surface area contributed by atoms with E-state index in [4.69, 9.17) is 31.8 Å². The molecule has 0 aliphatic carbocycles. The number of fused-ring (bicyclic) bond motifs is 9. The molecule has 11 aromatic rings. The molecule has 0 aliphatic heterocycles. The second-order valence-electron chi connectivity index (χ2n) is 11.0. The Balaban J connectivity index is 1.43. The fourth-order valence-electron chi connectivity index (χ4n) is 6.17. The van der Waals surface area contributed by atoms with Crippen molar-refractivity contribution in [1.29, 1.82) is 0 Å². The van der Waals surface area contributed by atoms with Crippen molar-refractivity contribution in [1.82, 2.24) is 9.13 Å². The van der Waals surface area contributed by atoms with Crippen LogP contribution >= 0.6 is 0 Å². The quantitative estimate of drug-likeness (QED) is 0.181. The average Bonchev–Trinajstić information content (AvgIpc) is 4.23. The predicted molar refractivity (Wildman–Crippen MR) is 213 cm³/mol. The predicted octanol–water partition coefficient (Wildman–Crippen LogP) is 13.1. The molecule has 3 nitrogen and oxygen atoms in total. The Kier molecular flexibility index (Phi) is 2.47. The minimum Gasteiger partial charge on any atom is -0.454 e. The molecular weight excluding hydrogens is 621 g/mol. The number of rotatable bonds is 4. The van der Waals surface area contributed by atoms with E-state index < -0.39 is 280 Å². The molecule has 0 atom stereocenters. The Morgan fingerprint density at radius 1 is 0.353 bits per heavy atom. The molecule has 0 unspecified atom stereocenters. The lowest BCUT2D eigenvalue weighted by Crippen LogP contribution is -1.96. The third-order valence-electron chi connectivity index (χ3n) is 8.29. The first-order chi connectivity index (χ1) is 37.8. The summed E-state index contributed by atoms with van der Waals surface area (Å²) >= 11 is 0. The van der Waals surface area contributed by atoms with E-state index >= 15 is 0 Å². The molecule has 11 rings (SSSR count). The van der Waals surface area contributed by atoms with Gasteiger partial charge in [0.25, 0.3) is 0 Å². The fourth-order valence-corrected chi connectivity index (χ4v) is 6.17. The molecule has 0 amide bonds. The highest BCUT2D eigenvalue weighted by molar-refractivity contribution is 6.15. The van der Waals surface area contributed by atoms with Gasteiger partial charge in [-0.05, 0) is 76.6 Å². The Bertz CT molecular complexity index is 4820. The van der Waals surface area contributed by atoms with Crippen LogP contribution in [-0.4, -0.2) is 9.13 Å². The van der Waals surface area contributed by atoms with Gasteiger partial charge in [0.05, 0.1) is 68.9 Å². The lowest BCUT2D eigenvalue weighted by atomic mass is 10.0. The zero-order valence-corrected chi connectivity index (χ0v) is 25.3. The van der Waals surface area contributed by atoms with E-state index in [0.717, 1.165) is 4.57 Å². The van der Waals surface area contributed by atoms with E-state index in [2.05, 4.69) is 0 Å². The summed E-state index contributed by atoms with van der Waals surface area (Å²) in [7, 11) is 0. The number of nitrogens with zero attached hydrogens (tertiary/aromatic N) is 2. The van der Waals surface area contributed by atoms with Crippen LogP contribution < -0.4 is 0 Å². The van der Waals surface area contributed by atoms with E-state index in [1.807, 2.05) is 0 Å². The van der Waals surface area contributed by atoms with E-state index in [1.165, 1.54) is 0 Å². The van der Waals surface area contributed by atoms with Crippen LogP contribution in [-0.2, 0) is 0 Å². The molecule has 0 radical (unpaired) electrons. The van der Waals surface area contributed by atoms with Crippen molar-refractivity contribution in [2.75, 3.05) is 0 Å². The first-order valence-corrected chi connectivity index (χ1v) is 15.0. The summed E-state index contributed by atoms with van der Waals surface area (Å²) in [5.74, 6) is 0. The highest BCUT2D eigenvalue weighted by Crippen LogP contribution is 2.42. The molecular formula is C48H30N2O. The third-order valence-corrected chi connectivity index (χ3v) is 8.29. The second-order valence-corrected chi connectivity index (χ2v) is 11.0. The Hall–Kier alpha value is -6.84. The van der Waals surface area contributed by atoms with Crippen molar-refractivity contribution in [3.05, 3.63) is 181 Å². The molecule has 0 bridgehead atoms. The van der Waals surface area contributed by atoms with E-state index in [-0.39, 0.29) is 0 Å². The van der Waals surface area contributed by atoms with Crippen molar-refractivity contribution >= 4 is 65.6 Å². The van der Waals surface area contributed by atoms with Crippen LogP contribution in [0.4, 0.5) is 0 Å².